The molecule has 5 nitrogen and oxygen atoms in total. The van der Waals surface area contributed by atoms with Crippen molar-refractivity contribution in [1.29, 1.82) is 0 Å². The second-order valence-electron chi connectivity index (χ2n) is 5.60. The topological polar surface area (TPSA) is 56.2 Å². The summed E-state index contributed by atoms with van der Waals surface area (Å²) in [6, 6.07) is 14.0. The standard InChI is InChI=1S/C19H16BrF2N3O2S/c1-23-17(26)11-28-19-24-10-16(12-2-4-13(20)5-3-12)25(19)14-6-8-15(9-7-14)27-18(21)22/h2-10,18H,11H2,1H3,(H,23,26). The molecular formula is C19H16BrF2N3O2S. The number of carbonyl (C=O) groups is 1. The molecule has 3 rings (SSSR count). The summed E-state index contributed by atoms with van der Waals surface area (Å²) < 4.78 is 32.1. The molecule has 1 amide bonds. The number of nitrogens with zero attached hydrogens (tertiary/aromatic N) is 2. The molecule has 0 unspecified atom stereocenters. The van der Waals surface area contributed by atoms with Gasteiger partial charge in [-0.3, -0.25) is 9.36 Å². The monoisotopic (exact) mass is 467 g/mol. The third-order valence-electron chi connectivity index (χ3n) is 3.80. The summed E-state index contributed by atoms with van der Waals surface area (Å²) in [5.74, 6) is 0.161. The number of hydrogen-bond donors (Lipinski definition) is 1. The number of benzene rings is 2. The van der Waals surface area contributed by atoms with Gasteiger partial charge in [-0.15, -0.1) is 0 Å². The van der Waals surface area contributed by atoms with E-state index in [1.807, 2.05) is 28.8 Å². The van der Waals surface area contributed by atoms with Crippen molar-refractivity contribution in [3.05, 3.63) is 59.2 Å². The average Bonchev–Trinajstić information content (AvgIpc) is 3.10. The van der Waals surface area contributed by atoms with E-state index in [0.29, 0.717) is 5.16 Å². The SMILES string of the molecule is CNC(=O)CSc1ncc(-c2ccc(Br)cc2)n1-c1ccc(OC(F)F)cc1. The molecule has 0 saturated carbocycles. The van der Waals surface area contributed by atoms with Crippen LogP contribution in [0.2, 0.25) is 0 Å². The van der Waals surface area contributed by atoms with Crippen molar-refractivity contribution >= 4 is 33.6 Å². The summed E-state index contributed by atoms with van der Waals surface area (Å²) in [6.07, 6.45) is 1.72. The molecule has 0 spiro atoms. The van der Waals surface area contributed by atoms with E-state index >= 15 is 0 Å². The first-order chi connectivity index (χ1) is 13.5. The van der Waals surface area contributed by atoms with Gasteiger partial charge in [-0.25, -0.2) is 4.98 Å². The highest BCUT2D eigenvalue weighted by Crippen LogP contribution is 2.31. The molecule has 1 aromatic heterocycles. The fourth-order valence-corrected chi connectivity index (χ4v) is 3.62. The molecule has 2 aromatic carbocycles. The van der Waals surface area contributed by atoms with Crippen molar-refractivity contribution < 1.29 is 18.3 Å². The van der Waals surface area contributed by atoms with Crippen LogP contribution in [-0.2, 0) is 4.79 Å². The lowest BCUT2D eigenvalue weighted by Crippen LogP contribution is -2.20. The summed E-state index contributed by atoms with van der Waals surface area (Å²) in [5.41, 5.74) is 2.46. The van der Waals surface area contributed by atoms with Gasteiger partial charge in [-0.1, -0.05) is 39.8 Å². The number of thioether (sulfide) groups is 1. The lowest BCUT2D eigenvalue weighted by atomic mass is 10.1. The van der Waals surface area contributed by atoms with Gasteiger partial charge < -0.3 is 10.1 Å². The minimum Gasteiger partial charge on any atom is -0.435 e. The van der Waals surface area contributed by atoms with Gasteiger partial charge in [0.2, 0.25) is 5.91 Å². The molecule has 0 atom stereocenters. The number of amides is 1. The van der Waals surface area contributed by atoms with Gasteiger partial charge >= 0.3 is 6.61 Å². The first-order valence-electron chi connectivity index (χ1n) is 8.20. The van der Waals surface area contributed by atoms with Gasteiger partial charge in [0.25, 0.3) is 0 Å². The van der Waals surface area contributed by atoms with Crippen molar-refractivity contribution in [2.45, 2.75) is 11.8 Å². The molecule has 3 aromatic rings. The normalized spacial score (nSPS) is 10.9. The van der Waals surface area contributed by atoms with Crippen LogP contribution in [0, 0.1) is 0 Å². The van der Waals surface area contributed by atoms with Gasteiger partial charge in [0.15, 0.2) is 5.16 Å². The fraction of sp³-hybridized carbons (Fsp3) is 0.158. The predicted octanol–water partition coefficient (Wildman–Crippen LogP) is 4.74. The summed E-state index contributed by atoms with van der Waals surface area (Å²) >= 11 is 4.70. The number of halogens is 3. The van der Waals surface area contributed by atoms with Crippen molar-refractivity contribution in [1.82, 2.24) is 14.9 Å². The first kappa shape index (κ1) is 20.3. The molecule has 9 heteroatoms. The highest BCUT2D eigenvalue weighted by Gasteiger charge is 2.16. The van der Waals surface area contributed by atoms with Crippen LogP contribution < -0.4 is 10.1 Å². The van der Waals surface area contributed by atoms with E-state index in [1.165, 1.54) is 23.9 Å². The minimum atomic E-state index is -2.88. The van der Waals surface area contributed by atoms with E-state index in [2.05, 4.69) is 31.0 Å². The zero-order chi connectivity index (χ0) is 20.1. The van der Waals surface area contributed by atoms with Gasteiger partial charge in [0.1, 0.15) is 5.75 Å². The molecule has 28 heavy (non-hydrogen) atoms. The summed E-state index contributed by atoms with van der Waals surface area (Å²) in [7, 11) is 1.57. The van der Waals surface area contributed by atoms with E-state index in [1.54, 1.807) is 25.4 Å². The number of imidazole rings is 1. The molecule has 0 saturated heterocycles. The summed E-state index contributed by atoms with van der Waals surface area (Å²) in [5, 5.41) is 3.19. The second kappa shape index (κ2) is 9.20. The third kappa shape index (κ3) is 4.90. The van der Waals surface area contributed by atoms with E-state index < -0.39 is 6.61 Å². The molecule has 0 aliphatic carbocycles. The van der Waals surface area contributed by atoms with Crippen molar-refractivity contribution in [3.8, 4) is 22.7 Å². The molecule has 0 radical (unpaired) electrons. The Kier molecular flexibility index (Phi) is 6.69. The highest BCUT2D eigenvalue weighted by atomic mass is 79.9. The van der Waals surface area contributed by atoms with Crippen LogP contribution in [0.3, 0.4) is 0 Å². The lowest BCUT2D eigenvalue weighted by molar-refractivity contribution is -0.118. The Bertz CT molecular complexity index is 947. The lowest BCUT2D eigenvalue weighted by Gasteiger charge is -2.13. The fourth-order valence-electron chi connectivity index (χ4n) is 2.49. The Morgan fingerprint density at radius 1 is 1.21 bits per heavy atom. The van der Waals surface area contributed by atoms with Crippen LogP contribution in [0.1, 0.15) is 0 Å². The van der Waals surface area contributed by atoms with E-state index in [4.69, 9.17) is 0 Å². The Morgan fingerprint density at radius 3 is 2.50 bits per heavy atom. The van der Waals surface area contributed by atoms with Crippen LogP contribution in [0.15, 0.2) is 64.4 Å². The summed E-state index contributed by atoms with van der Waals surface area (Å²) in [4.78, 5) is 16.1. The third-order valence-corrected chi connectivity index (χ3v) is 5.28. The van der Waals surface area contributed by atoms with E-state index in [0.717, 1.165) is 21.4 Å². The molecule has 0 bridgehead atoms. The molecule has 1 N–H and O–H groups in total. The zero-order valence-corrected chi connectivity index (χ0v) is 17.1. The maximum absolute atomic E-state index is 12.4. The first-order valence-corrected chi connectivity index (χ1v) is 9.98. The maximum Gasteiger partial charge on any atom is 0.387 e. The van der Waals surface area contributed by atoms with Crippen LogP contribution in [0.4, 0.5) is 8.78 Å². The number of nitrogens with one attached hydrogen (secondary N) is 1. The smallest absolute Gasteiger partial charge is 0.387 e. The predicted molar refractivity (Wildman–Crippen MR) is 108 cm³/mol. The Labute approximate surface area is 173 Å². The van der Waals surface area contributed by atoms with Crippen molar-refractivity contribution in [2.75, 3.05) is 12.8 Å². The van der Waals surface area contributed by atoms with E-state index in [9.17, 15) is 13.6 Å². The maximum atomic E-state index is 12.4. The van der Waals surface area contributed by atoms with Gasteiger partial charge in [0.05, 0.1) is 17.6 Å². The number of carbonyl (C=O) groups excluding carboxylic acids is 1. The molecule has 146 valence electrons. The molecule has 0 aliphatic rings. The Hall–Kier alpha value is -2.39. The van der Waals surface area contributed by atoms with Crippen LogP contribution >= 0.6 is 27.7 Å². The average molecular weight is 468 g/mol. The van der Waals surface area contributed by atoms with E-state index in [-0.39, 0.29) is 17.4 Å². The summed E-state index contributed by atoms with van der Waals surface area (Å²) in [6.45, 7) is -2.88. The zero-order valence-electron chi connectivity index (χ0n) is 14.7. The minimum absolute atomic E-state index is 0.0728. The highest BCUT2D eigenvalue weighted by molar-refractivity contribution is 9.10. The van der Waals surface area contributed by atoms with Crippen LogP contribution in [-0.4, -0.2) is 34.9 Å². The molecule has 1 heterocycles. The van der Waals surface area contributed by atoms with Crippen LogP contribution in [0.25, 0.3) is 16.9 Å². The van der Waals surface area contributed by atoms with Gasteiger partial charge in [-0.2, -0.15) is 8.78 Å². The van der Waals surface area contributed by atoms with Crippen molar-refractivity contribution in [3.63, 3.8) is 0 Å². The number of alkyl halides is 2. The van der Waals surface area contributed by atoms with Crippen LogP contribution in [0.5, 0.6) is 5.75 Å². The molecule has 0 fully saturated rings. The number of aromatic nitrogens is 2. The number of ether oxygens (including phenoxy) is 1. The number of hydrogen-bond acceptors (Lipinski definition) is 4. The molecule has 0 aliphatic heterocycles. The van der Waals surface area contributed by atoms with Gasteiger partial charge in [0, 0.05) is 22.8 Å². The Morgan fingerprint density at radius 2 is 1.89 bits per heavy atom. The Balaban J connectivity index is 2.00. The molecular weight excluding hydrogens is 452 g/mol. The second-order valence-corrected chi connectivity index (χ2v) is 7.46. The van der Waals surface area contributed by atoms with Gasteiger partial charge in [-0.05, 0) is 36.4 Å². The largest absolute Gasteiger partial charge is 0.435 e. The van der Waals surface area contributed by atoms with Crippen molar-refractivity contribution in [2.24, 2.45) is 0 Å². The number of rotatable bonds is 7. The quantitative estimate of drug-likeness (QED) is 0.509.